The molecule has 17 rings (SSSR count). The maximum absolute atomic E-state index is 11.0. The van der Waals surface area contributed by atoms with Gasteiger partial charge >= 0.3 is 88.0 Å². The van der Waals surface area contributed by atoms with Crippen LogP contribution in [0.25, 0.3) is 103 Å². The summed E-state index contributed by atoms with van der Waals surface area (Å²) in [4.78, 5) is 53.5. The third-order valence-corrected chi connectivity index (χ3v) is 16.2. The van der Waals surface area contributed by atoms with Crippen LogP contribution in [0.3, 0.4) is 0 Å². The molecule has 4 aromatic carbocycles. The Balaban J connectivity index is 0.000000161. The van der Waals surface area contributed by atoms with Crippen molar-refractivity contribution in [3.63, 3.8) is 0 Å². The number of ether oxygens (including phenoxy) is 1. The van der Waals surface area contributed by atoms with Crippen LogP contribution < -0.4 is 29.6 Å². The van der Waals surface area contributed by atoms with Crippen molar-refractivity contribution in [2.45, 2.75) is 54.6 Å². The molecule has 23 nitrogen and oxygen atoms in total. The first-order chi connectivity index (χ1) is 47.1. The first-order valence-electron chi connectivity index (χ1n) is 31.2. The molecule has 0 aliphatic rings. The van der Waals surface area contributed by atoms with Gasteiger partial charge in [0.15, 0.2) is 0 Å². The predicted molar refractivity (Wildman–Crippen MR) is 379 cm³/mol. The zero-order valence-corrected chi connectivity index (χ0v) is 70.8. The van der Waals surface area contributed by atoms with Gasteiger partial charge in [0.05, 0.1) is 35.8 Å². The van der Waals surface area contributed by atoms with Crippen molar-refractivity contribution in [1.82, 2.24) is 96.3 Å². The first kappa shape index (κ1) is 78.4. The Bertz CT molecular complexity index is 5350. The minimum Gasteiger partial charge on any atom is -0.381 e. The average Bonchev–Trinajstić information content (AvgIpc) is 1.65. The van der Waals surface area contributed by atoms with E-state index in [0.29, 0.717) is 36.9 Å². The fourth-order valence-electron chi connectivity index (χ4n) is 11.2. The molecule has 0 saturated heterocycles. The number of imidazole rings is 10. The summed E-state index contributed by atoms with van der Waals surface area (Å²) < 4.78 is 41.2. The van der Waals surface area contributed by atoms with E-state index in [1.807, 2.05) is 245 Å². The quantitative estimate of drug-likeness (QED) is 0.105. The van der Waals surface area contributed by atoms with Crippen molar-refractivity contribution >= 4 is 49.0 Å². The van der Waals surface area contributed by atoms with Crippen LogP contribution in [0.2, 0.25) is 0 Å². The Labute approximate surface area is 644 Å². The van der Waals surface area contributed by atoms with Gasteiger partial charge in [0.2, 0.25) is 10.0 Å². The van der Waals surface area contributed by atoms with Crippen LogP contribution in [-0.4, -0.2) is 105 Å². The summed E-state index contributed by atoms with van der Waals surface area (Å²) in [6.45, 7) is 12.9. The van der Waals surface area contributed by atoms with Gasteiger partial charge in [0.25, 0.3) is 0 Å². The Morgan fingerprint density at radius 3 is 1.39 bits per heavy atom. The number of rotatable bonds is 13. The smallest absolute Gasteiger partial charge is 0.381 e. The molecule has 0 unspecified atom stereocenters. The van der Waals surface area contributed by atoms with Gasteiger partial charge in [-0.15, -0.1) is 0 Å². The Kier molecular flexibility index (Phi) is 26.9. The Morgan fingerprint density at radius 2 is 0.922 bits per heavy atom. The average molecular weight is 1580 g/mol. The van der Waals surface area contributed by atoms with Gasteiger partial charge in [-0.2, -0.15) is 0 Å². The van der Waals surface area contributed by atoms with Crippen LogP contribution in [0, 0.1) is 41.5 Å². The van der Waals surface area contributed by atoms with Gasteiger partial charge in [0, 0.05) is 89.0 Å². The maximum Gasteiger partial charge on any atom is 2.00 e. The van der Waals surface area contributed by atoms with Crippen LogP contribution in [0.5, 0.6) is 0 Å². The van der Waals surface area contributed by atoms with Gasteiger partial charge in [-0.1, -0.05) is 133 Å². The predicted octanol–water partition coefficient (Wildman–Crippen LogP) is 11.1. The second kappa shape index (κ2) is 35.0. The van der Waals surface area contributed by atoms with E-state index >= 15 is 0 Å². The number of nitrogens with zero attached hydrogens (tertiary/aromatic N) is 19. The van der Waals surface area contributed by atoms with Crippen LogP contribution >= 0.6 is 0 Å². The normalized spacial score (nSPS) is 10.8. The van der Waals surface area contributed by atoms with E-state index in [-0.39, 0.29) is 88.0 Å². The number of pyridine rings is 2. The maximum atomic E-state index is 11.0. The fraction of sp³-hybridized carbons (Fsp3) is 0.151. The number of fused-ring (bicyclic) bond motifs is 5. The summed E-state index contributed by atoms with van der Waals surface area (Å²) in [6.07, 6.45) is 20.9. The van der Waals surface area contributed by atoms with Crippen molar-refractivity contribution in [2.24, 2.45) is 0 Å². The number of sulfonamides is 1. The second-order valence-corrected chi connectivity index (χ2v) is 24.9. The molecule has 29 heteroatoms. The molecule has 0 amide bonds. The van der Waals surface area contributed by atoms with E-state index in [4.69, 9.17) is 4.74 Å². The van der Waals surface area contributed by atoms with E-state index in [9.17, 15) is 8.42 Å². The molecule has 0 aliphatic heterocycles. The van der Waals surface area contributed by atoms with Crippen LogP contribution in [0.4, 0.5) is 0 Å². The molecular formula is C73H67BeN20O3SZn4+5. The third kappa shape index (κ3) is 18.5. The summed E-state index contributed by atoms with van der Waals surface area (Å²) in [5.41, 5.74) is 19.8. The van der Waals surface area contributed by atoms with Gasteiger partial charge in [-0.25, -0.2) is 18.2 Å². The zero-order chi connectivity index (χ0) is 67.2. The zero-order valence-electron chi connectivity index (χ0n) is 58.1. The molecule has 102 heavy (non-hydrogen) atoms. The molecule has 0 spiro atoms. The minimum atomic E-state index is -3.16. The van der Waals surface area contributed by atoms with Crippen molar-refractivity contribution in [3.8, 4) is 73.6 Å². The van der Waals surface area contributed by atoms with E-state index in [1.165, 1.54) is 5.56 Å². The SMILES string of the molecule is COCc1cn2cc(-c3ccccc3)[n-]c2n1.Cc1cccc(-c2cn3cc(CCNS(C)(=O)=O)nc3[n-]2)c1.Cc1cn2cc(-n3nc(C)cc3C)[n-]c2n1.Cc1nc2[n-]c(-c3ccccn3)cn2c1-c1ccccc1.Cc1nc2[n-]c(-c3ccccn3)cn2c1-c1ccccc1.[Be+2].[Zn+2].[Zn+2].[Zn+2].[Zn+2]. The standard InChI is InChI=1S/2C17H13N4.C15H17N4O2S.C13H12N3O.C11H12N5.Be.4Zn/c2*1-12-16(13-7-3-2-4-8-13)21-11-15(20-17(21)19-12)14-9-5-6-10-18-14;1-11-4-3-5-12(8-11)14-10-19-9-13(17-15(19)18-14)6-7-16-22(2,20)21;1-17-9-11-7-16-8-12(15-13(16)14-11)10-5-3-2-4-6-10;1-7-4-9(3)16(14-7)10-6-15-5-8(2)12-11(15)13-10;;;;;/h2*2-11H,1H3;3-5,8-10,16H,6-7H2,1-2H3;2-8H,9H2,1H3;4-6H,1-3H3;;;;;/q5*-1;5*+2. The van der Waals surface area contributed by atoms with Crippen LogP contribution in [0.1, 0.15) is 45.4 Å². The molecule has 488 valence electrons. The molecule has 1 N–H and O–H groups in total. The monoisotopic (exact) mass is 1570 g/mol. The van der Waals surface area contributed by atoms with E-state index < -0.39 is 10.0 Å². The number of aromatic nitrogens is 19. The van der Waals surface area contributed by atoms with Gasteiger partial charge in [-0.05, 0) is 184 Å². The van der Waals surface area contributed by atoms with E-state index in [0.717, 1.165) is 131 Å². The Morgan fingerprint density at radius 1 is 0.451 bits per heavy atom. The molecule has 0 radical (unpaired) electrons. The van der Waals surface area contributed by atoms with Gasteiger partial charge < -0.3 is 76.6 Å². The summed E-state index contributed by atoms with van der Waals surface area (Å²) in [5.74, 6) is 4.31. The third-order valence-electron chi connectivity index (χ3n) is 15.5. The molecule has 0 atom stereocenters. The molecule has 0 saturated carbocycles. The minimum absolute atomic E-state index is 0. The number of hydrogen-bond donors (Lipinski definition) is 1. The summed E-state index contributed by atoms with van der Waals surface area (Å²) >= 11 is 0. The van der Waals surface area contributed by atoms with Crippen molar-refractivity contribution in [2.75, 3.05) is 19.9 Å². The summed E-state index contributed by atoms with van der Waals surface area (Å²) in [7, 11) is -1.50. The van der Waals surface area contributed by atoms with Gasteiger partial charge in [0.1, 0.15) is 0 Å². The molecule has 0 bridgehead atoms. The van der Waals surface area contributed by atoms with Crippen molar-refractivity contribution in [1.29, 1.82) is 0 Å². The largest absolute Gasteiger partial charge is 2.00 e. The van der Waals surface area contributed by atoms with Gasteiger partial charge in [-0.3, -0.25) is 14.6 Å². The van der Waals surface area contributed by atoms with Crippen LogP contribution in [-0.2, 0) is 106 Å². The molecular weight excluding hydrogens is 1510 g/mol. The molecule has 0 fully saturated rings. The summed E-state index contributed by atoms with van der Waals surface area (Å²) in [5, 5.41) is 4.39. The number of methoxy groups -OCH3 is 1. The fourth-order valence-corrected chi connectivity index (χ4v) is 11.7. The Hall–Kier alpha value is -9.33. The first-order valence-corrected chi connectivity index (χ1v) is 33.0. The second-order valence-electron chi connectivity index (χ2n) is 23.1. The molecule has 17 aromatic rings. The molecule has 13 aromatic heterocycles. The van der Waals surface area contributed by atoms with E-state index in [1.54, 1.807) is 19.5 Å². The molecule has 13 heterocycles. The number of benzene rings is 4. The molecule has 0 aliphatic carbocycles. The van der Waals surface area contributed by atoms with Crippen molar-refractivity contribution in [3.05, 3.63) is 265 Å². The number of aryl methyl sites for hydroxylation is 6. The number of hydrogen-bond acceptors (Lipinski definition) is 11. The summed E-state index contributed by atoms with van der Waals surface area (Å²) in [6, 6.07) is 52.4. The number of nitrogens with one attached hydrogen (secondary N) is 1. The van der Waals surface area contributed by atoms with E-state index in [2.05, 4.69) is 100.0 Å². The van der Waals surface area contributed by atoms with Crippen LogP contribution in [0.15, 0.2) is 220 Å². The topological polar surface area (TPSA) is 256 Å². The van der Waals surface area contributed by atoms with Crippen molar-refractivity contribution < 1.29 is 91.1 Å².